The Balaban J connectivity index is 1.57. The van der Waals surface area contributed by atoms with Gasteiger partial charge in [0.25, 0.3) is 11.5 Å². The van der Waals surface area contributed by atoms with Crippen LogP contribution in [0.2, 0.25) is 0 Å². The number of nitrogens with one attached hydrogen (secondary N) is 1. The molecule has 1 fully saturated rings. The fraction of sp³-hybridized carbons (Fsp3) is 0.333. The Morgan fingerprint density at radius 1 is 1.15 bits per heavy atom. The van der Waals surface area contributed by atoms with Crippen LogP contribution in [-0.2, 0) is 11.3 Å². The van der Waals surface area contributed by atoms with Crippen molar-refractivity contribution in [3.63, 3.8) is 0 Å². The number of aliphatic hydroxyl groups excluding tert-OH is 4. The minimum atomic E-state index is -1.63. The highest BCUT2D eigenvalue weighted by Gasteiger charge is 2.44. The van der Waals surface area contributed by atoms with Gasteiger partial charge in [-0.1, -0.05) is 6.07 Å². The van der Waals surface area contributed by atoms with E-state index in [1.54, 1.807) is 24.5 Å². The van der Waals surface area contributed by atoms with Crippen molar-refractivity contribution in [3.8, 4) is 5.75 Å². The lowest BCUT2D eigenvalue weighted by molar-refractivity contribution is -0.277. The Morgan fingerprint density at radius 3 is 2.70 bits per heavy atom. The topological polar surface area (TPSA) is 176 Å². The van der Waals surface area contributed by atoms with E-state index in [2.05, 4.69) is 15.3 Å². The van der Waals surface area contributed by atoms with E-state index in [1.165, 1.54) is 18.3 Å². The Labute approximate surface area is 186 Å². The molecule has 33 heavy (non-hydrogen) atoms. The smallest absolute Gasteiger partial charge is 0.270 e. The van der Waals surface area contributed by atoms with Gasteiger partial charge in [0.2, 0.25) is 6.29 Å². The maximum absolute atomic E-state index is 12.9. The standard InChI is InChI=1S/C21H22N4O8/c26-10-14-15(27)16(28)17(29)21(33-14)32-13-4-2-6-25-18(13)23-9-12(20(25)31)19(30)24-8-11-3-1-5-22-7-11/h1-7,9,14-17,21,26-29H,8,10H2,(H,24,30)/t14?,15-,16+,17?,21-/m1/s1. The lowest BCUT2D eigenvalue weighted by Crippen LogP contribution is -2.60. The van der Waals surface area contributed by atoms with Gasteiger partial charge in [-0.05, 0) is 23.8 Å². The summed E-state index contributed by atoms with van der Waals surface area (Å²) in [5.74, 6) is -0.604. The molecule has 1 saturated heterocycles. The van der Waals surface area contributed by atoms with Crippen LogP contribution in [0.15, 0.2) is 53.8 Å². The molecule has 0 saturated carbocycles. The SMILES string of the molecule is O=C(NCc1cccnc1)c1cnc2c(O[C@@H]3OC(CO)[C@@H](O)[C@H](O)C3O)cccn2c1=O. The van der Waals surface area contributed by atoms with Crippen LogP contribution < -0.4 is 15.6 Å². The van der Waals surface area contributed by atoms with Gasteiger partial charge in [0.05, 0.1) is 6.61 Å². The molecule has 3 aromatic rings. The molecule has 0 spiro atoms. The van der Waals surface area contributed by atoms with Crippen LogP contribution in [0, 0.1) is 0 Å². The average Bonchev–Trinajstić information content (AvgIpc) is 2.84. The molecule has 1 aliphatic rings. The molecule has 0 aliphatic carbocycles. The number of hydrogen-bond acceptors (Lipinski definition) is 10. The van der Waals surface area contributed by atoms with Crippen molar-refractivity contribution in [2.75, 3.05) is 6.61 Å². The van der Waals surface area contributed by atoms with Crippen molar-refractivity contribution >= 4 is 11.6 Å². The summed E-state index contributed by atoms with van der Waals surface area (Å²) >= 11 is 0. The molecule has 0 radical (unpaired) electrons. The third kappa shape index (κ3) is 4.55. The molecule has 12 nitrogen and oxygen atoms in total. The van der Waals surface area contributed by atoms with Crippen LogP contribution in [0.5, 0.6) is 5.75 Å². The van der Waals surface area contributed by atoms with Crippen molar-refractivity contribution < 1.29 is 34.7 Å². The zero-order valence-corrected chi connectivity index (χ0v) is 17.2. The zero-order valence-electron chi connectivity index (χ0n) is 17.2. The largest absolute Gasteiger partial charge is 0.458 e. The summed E-state index contributed by atoms with van der Waals surface area (Å²) < 4.78 is 12.0. The average molecular weight is 458 g/mol. The van der Waals surface area contributed by atoms with E-state index >= 15 is 0 Å². The number of carbonyl (C=O) groups excluding carboxylic acids is 1. The highest BCUT2D eigenvalue weighted by Crippen LogP contribution is 2.26. The second-order valence-electron chi connectivity index (χ2n) is 7.40. The molecule has 1 aliphatic heterocycles. The van der Waals surface area contributed by atoms with E-state index in [-0.39, 0.29) is 23.5 Å². The van der Waals surface area contributed by atoms with Gasteiger partial charge in [-0.3, -0.25) is 19.0 Å². The quantitative estimate of drug-likeness (QED) is 0.283. The van der Waals surface area contributed by atoms with Gasteiger partial charge in [-0.2, -0.15) is 0 Å². The van der Waals surface area contributed by atoms with Crippen LogP contribution in [-0.4, -0.2) is 78.0 Å². The maximum Gasteiger partial charge on any atom is 0.270 e. The molecular weight excluding hydrogens is 436 g/mol. The summed E-state index contributed by atoms with van der Waals surface area (Å²) in [5.41, 5.74) is -0.0532. The van der Waals surface area contributed by atoms with E-state index in [4.69, 9.17) is 9.47 Å². The number of hydrogen-bond donors (Lipinski definition) is 5. The highest BCUT2D eigenvalue weighted by atomic mass is 16.7. The molecule has 2 unspecified atom stereocenters. The summed E-state index contributed by atoms with van der Waals surface area (Å²) in [5, 5.41) is 42.0. The summed E-state index contributed by atoms with van der Waals surface area (Å²) in [7, 11) is 0. The number of amides is 1. The normalized spacial score (nSPS) is 25.0. The third-order valence-corrected chi connectivity index (χ3v) is 5.21. The van der Waals surface area contributed by atoms with Crippen molar-refractivity contribution in [2.45, 2.75) is 37.3 Å². The molecule has 4 rings (SSSR count). The summed E-state index contributed by atoms with van der Waals surface area (Å²) in [6.07, 6.45) is -1.71. The summed E-state index contributed by atoms with van der Waals surface area (Å²) in [6, 6.07) is 6.42. The minimum Gasteiger partial charge on any atom is -0.458 e. The number of rotatable bonds is 6. The molecule has 5 N–H and O–H groups in total. The highest BCUT2D eigenvalue weighted by molar-refractivity contribution is 5.93. The third-order valence-electron chi connectivity index (χ3n) is 5.21. The van der Waals surface area contributed by atoms with Crippen LogP contribution in [0.25, 0.3) is 5.65 Å². The first-order valence-corrected chi connectivity index (χ1v) is 10.1. The Hall–Kier alpha value is -3.42. The van der Waals surface area contributed by atoms with Gasteiger partial charge in [0, 0.05) is 31.3 Å². The number of fused-ring (bicyclic) bond motifs is 1. The number of nitrogens with zero attached hydrogens (tertiary/aromatic N) is 3. The van der Waals surface area contributed by atoms with E-state index in [9.17, 15) is 30.0 Å². The lowest BCUT2D eigenvalue weighted by atomic mass is 9.99. The Morgan fingerprint density at radius 2 is 1.97 bits per heavy atom. The van der Waals surface area contributed by atoms with Crippen molar-refractivity contribution in [1.82, 2.24) is 19.7 Å². The van der Waals surface area contributed by atoms with Gasteiger partial charge < -0.3 is 35.2 Å². The molecular formula is C21H22N4O8. The van der Waals surface area contributed by atoms with Crippen LogP contribution in [0.3, 0.4) is 0 Å². The number of carbonyl (C=O) groups is 1. The molecule has 0 aromatic carbocycles. The molecule has 12 heteroatoms. The van der Waals surface area contributed by atoms with Crippen LogP contribution >= 0.6 is 0 Å². The van der Waals surface area contributed by atoms with E-state index in [0.717, 1.165) is 16.2 Å². The van der Waals surface area contributed by atoms with Gasteiger partial charge in [0.1, 0.15) is 30.0 Å². The summed E-state index contributed by atoms with van der Waals surface area (Å²) in [6.45, 7) is -0.440. The number of aromatic nitrogens is 3. The van der Waals surface area contributed by atoms with Crippen LogP contribution in [0.1, 0.15) is 15.9 Å². The van der Waals surface area contributed by atoms with Crippen molar-refractivity contribution in [3.05, 3.63) is 70.5 Å². The predicted octanol–water partition coefficient (Wildman–Crippen LogP) is -1.80. The first kappa shape index (κ1) is 22.8. The number of ether oxygens (including phenoxy) is 2. The predicted molar refractivity (Wildman–Crippen MR) is 111 cm³/mol. The number of aliphatic hydroxyl groups is 4. The number of pyridine rings is 2. The second-order valence-corrected chi connectivity index (χ2v) is 7.40. The monoisotopic (exact) mass is 458 g/mol. The maximum atomic E-state index is 12.9. The van der Waals surface area contributed by atoms with Gasteiger partial charge in [0.15, 0.2) is 11.4 Å². The molecule has 0 bridgehead atoms. The molecule has 174 valence electrons. The van der Waals surface area contributed by atoms with Gasteiger partial charge >= 0.3 is 0 Å². The fourth-order valence-corrected chi connectivity index (χ4v) is 3.40. The molecule has 3 aromatic heterocycles. The molecule has 4 heterocycles. The molecule has 5 atom stereocenters. The van der Waals surface area contributed by atoms with E-state index in [1.807, 2.05) is 0 Å². The van der Waals surface area contributed by atoms with Gasteiger partial charge in [-0.25, -0.2) is 4.98 Å². The molecule has 1 amide bonds. The van der Waals surface area contributed by atoms with E-state index in [0.29, 0.717) is 0 Å². The fourth-order valence-electron chi connectivity index (χ4n) is 3.40. The van der Waals surface area contributed by atoms with Crippen LogP contribution in [0.4, 0.5) is 0 Å². The first-order valence-electron chi connectivity index (χ1n) is 10.1. The minimum absolute atomic E-state index is 0.0150. The van der Waals surface area contributed by atoms with Gasteiger partial charge in [-0.15, -0.1) is 0 Å². The van der Waals surface area contributed by atoms with Crippen molar-refractivity contribution in [2.24, 2.45) is 0 Å². The summed E-state index contributed by atoms with van der Waals surface area (Å²) in [4.78, 5) is 33.5. The van der Waals surface area contributed by atoms with E-state index < -0.39 is 48.8 Å². The Kier molecular flexibility index (Phi) is 6.62. The second kappa shape index (κ2) is 9.60. The Bertz CT molecular complexity index is 1190. The lowest BCUT2D eigenvalue weighted by Gasteiger charge is -2.39. The first-order chi connectivity index (χ1) is 15.9. The zero-order chi connectivity index (χ0) is 23.5. The van der Waals surface area contributed by atoms with Crippen molar-refractivity contribution in [1.29, 1.82) is 0 Å².